The minimum atomic E-state index is 0.538. The first-order valence-corrected chi connectivity index (χ1v) is 7.74. The van der Waals surface area contributed by atoms with Gasteiger partial charge in [0.05, 0.1) is 0 Å². The van der Waals surface area contributed by atoms with E-state index < -0.39 is 0 Å². The Labute approximate surface area is 140 Å². The lowest BCUT2D eigenvalue weighted by atomic mass is 10.1. The molecule has 2 nitrogen and oxygen atoms in total. The van der Waals surface area contributed by atoms with Crippen LogP contribution in [0.15, 0.2) is 60.7 Å². The molecular weight excluding hydrogens is 312 g/mol. The zero-order chi connectivity index (χ0) is 15.5. The lowest BCUT2D eigenvalue weighted by Crippen LogP contribution is -2.19. The lowest BCUT2D eigenvalue weighted by Gasteiger charge is -2.13. The molecule has 110 valence electrons. The maximum absolute atomic E-state index is 6.13. The average molecular weight is 327 g/mol. The summed E-state index contributed by atoms with van der Waals surface area (Å²) in [6.07, 6.45) is 0. The highest BCUT2D eigenvalue weighted by molar-refractivity contribution is 7.80. The molecule has 0 unspecified atom stereocenters. The predicted octanol–water partition coefficient (Wildman–Crippen LogP) is 5.61. The Hall–Kier alpha value is -2.10. The van der Waals surface area contributed by atoms with Crippen LogP contribution in [-0.2, 0) is 0 Å². The molecule has 0 aliphatic rings. The molecule has 3 rings (SSSR count). The van der Waals surface area contributed by atoms with E-state index in [1.54, 1.807) is 0 Å². The van der Waals surface area contributed by atoms with Gasteiger partial charge in [0.15, 0.2) is 5.11 Å². The summed E-state index contributed by atoms with van der Waals surface area (Å²) in [6.45, 7) is 1.97. The zero-order valence-corrected chi connectivity index (χ0v) is 13.6. The summed E-state index contributed by atoms with van der Waals surface area (Å²) in [7, 11) is 0. The van der Waals surface area contributed by atoms with Crippen molar-refractivity contribution in [3.05, 3.63) is 71.2 Å². The highest BCUT2D eigenvalue weighted by Gasteiger charge is 2.04. The van der Waals surface area contributed by atoms with Crippen molar-refractivity contribution in [1.29, 1.82) is 0 Å². The minimum absolute atomic E-state index is 0.538. The lowest BCUT2D eigenvalue weighted by molar-refractivity contribution is 1.47. The van der Waals surface area contributed by atoms with Crippen LogP contribution >= 0.6 is 23.8 Å². The smallest absolute Gasteiger partial charge is 0.175 e. The summed E-state index contributed by atoms with van der Waals surface area (Å²) in [5.41, 5.74) is 2.89. The van der Waals surface area contributed by atoms with Gasteiger partial charge in [-0.15, -0.1) is 0 Å². The van der Waals surface area contributed by atoms with E-state index in [4.69, 9.17) is 23.8 Å². The standard InChI is InChI=1S/C18H15ClN2S/c1-12-9-10-14(11-16(12)19)20-18(22)21-17-8-4-6-13-5-2-3-7-15(13)17/h2-11H,1H3,(H2,20,21,22). The molecule has 0 amide bonds. The van der Waals surface area contributed by atoms with Gasteiger partial charge in [0, 0.05) is 21.8 Å². The fourth-order valence-electron chi connectivity index (χ4n) is 2.29. The normalized spacial score (nSPS) is 10.5. The highest BCUT2D eigenvalue weighted by atomic mass is 35.5. The number of hydrogen-bond acceptors (Lipinski definition) is 1. The molecule has 0 atom stereocenters. The molecule has 22 heavy (non-hydrogen) atoms. The second kappa shape index (κ2) is 6.34. The van der Waals surface area contributed by atoms with Crippen molar-refractivity contribution in [2.45, 2.75) is 6.92 Å². The summed E-state index contributed by atoms with van der Waals surface area (Å²) < 4.78 is 0. The number of thiocarbonyl (C=S) groups is 1. The van der Waals surface area contributed by atoms with Crippen LogP contribution in [0.1, 0.15) is 5.56 Å². The number of nitrogens with one attached hydrogen (secondary N) is 2. The molecule has 0 aliphatic heterocycles. The van der Waals surface area contributed by atoms with E-state index in [0.717, 1.165) is 27.3 Å². The molecule has 0 aliphatic carbocycles. The highest BCUT2D eigenvalue weighted by Crippen LogP contribution is 2.24. The molecule has 0 bridgehead atoms. The fraction of sp³-hybridized carbons (Fsp3) is 0.0556. The third-order valence-electron chi connectivity index (χ3n) is 3.47. The van der Waals surface area contributed by atoms with Crippen molar-refractivity contribution in [2.75, 3.05) is 10.6 Å². The predicted molar refractivity (Wildman–Crippen MR) is 100.0 cm³/mol. The van der Waals surface area contributed by atoms with E-state index in [2.05, 4.69) is 28.8 Å². The molecule has 0 spiro atoms. The molecule has 0 saturated heterocycles. The van der Waals surface area contributed by atoms with E-state index in [0.29, 0.717) is 5.11 Å². The van der Waals surface area contributed by atoms with Gasteiger partial charge in [-0.3, -0.25) is 0 Å². The van der Waals surface area contributed by atoms with Gasteiger partial charge in [0.25, 0.3) is 0 Å². The van der Waals surface area contributed by atoms with E-state index in [-0.39, 0.29) is 0 Å². The van der Waals surface area contributed by atoms with Gasteiger partial charge >= 0.3 is 0 Å². The Morgan fingerprint density at radius 1 is 0.955 bits per heavy atom. The Bertz CT molecular complexity index is 840. The summed E-state index contributed by atoms with van der Waals surface area (Å²) in [4.78, 5) is 0. The number of halogens is 1. The summed E-state index contributed by atoms with van der Waals surface area (Å²) in [5.74, 6) is 0. The van der Waals surface area contributed by atoms with Crippen LogP contribution in [0.2, 0.25) is 5.02 Å². The van der Waals surface area contributed by atoms with Gasteiger partial charge in [-0.2, -0.15) is 0 Å². The zero-order valence-electron chi connectivity index (χ0n) is 12.1. The van der Waals surface area contributed by atoms with Crippen LogP contribution in [-0.4, -0.2) is 5.11 Å². The molecule has 4 heteroatoms. The van der Waals surface area contributed by atoms with Crippen LogP contribution in [0.25, 0.3) is 10.8 Å². The quantitative estimate of drug-likeness (QED) is 0.598. The van der Waals surface area contributed by atoms with Gasteiger partial charge in [-0.05, 0) is 48.3 Å². The number of anilines is 2. The topological polar surface area (TPSA) is 24.1 Å². The van der Waals surface area contributed by atoms with Gasteiger partial charge in [-0.25, -0.2) is 0 Å². The van der Waals surface area contributed by atoms with Crippen LogP contribution in [0.5, 0.6) is 0 Å². The minimum Gasteiger partial charge on any atom is -0.332 e. The average Bonchev–Trinajstić information content (AvgIpc) is 2.51. The van der Waals surface area contributed by atoms with Crippen molar-refractivity contribution in [3.63, 3.8) is 0 Å². The molecular formula is C18H15ClN2S. The number of rotatable bonds is 2. The number of benzene rings is 3. The van der Waals surface area contributed by atoms with Crippen LogP contribution in [0.4, 0.5) is 11.4 Å². The largest absolute Gasteiger partial charge is 0.332 e. The van der Waals surface area contributed by atoms with E-state index >= 15 is 0 Å². The van der Waals surface area contributed by atoms with Crippen molar-refractivity contribution < 1.29 is 0 Å². The van der Waals surface area contributed by atoms with Gasteiger partial charge in [0.2, 0.25) is 0 Å². The number of fused-ring (bicyclic) bond motifs is 1. The Morgan fingerprint density at radius 2 is 1.73 bits per heavy atom. The Kier molecular flexibility index (Phi) is 4.27. The van der Waals surface area contributed by atoms with Gasteiger partial charge < -0.3 is 10.6 Å². The number of hydrogen-bond donors (Lipinski definition) is 2. The molecule has 0 heterocycles. The van der Waals surface area contributed by atoms with Crippen LogP contribution in [0, 0.1) is 6.92 Å². The fourth-order valence-corrected chi connectivity index (χ4v) is 2.70. The molecule has 0 aromatic heterocycles. The first kappa shape index (κ1) is 14.8. The third-order valence-corrected chi connectivity index (χ3v) is 4.08. The molecule has 0 saturated carbocycles. The second-order valence-corrected chi connectivity index (χ2v) is 5.89. The Balaban J connectivity index is 1.80. The van der Waals surface area contributed by atoms with Gasteiger partial charge in [-0.1, -0.05) is 54.1 Å². The van der Waals surface area contributed by atoms with E-state index in [9.17, 15) is 0 Å². The van der Waals surface area contributed by atoms with E-state index in [1.807, 2.05) is 49.4 Å². The molecule has 3 aromatic carbocycles. The van der Waals surface area contributed by atoms with Crippen LogP contribution in [0.3, 0.4) is 0 Å². The number of aryl methyl sites for hydroxylation is 1. The summed E-state index contributed by atoms with van der Waals surface area (Å²) in [5, 5.41) is 9.97. The first-order valence-electron chi connectivity index (χ1n) is 6.95. The third kappa shape index (κ3) is 3.21. The van der Waals surface area contributed by atoms with E-state index in [1.165, 1.54) is 5.39 Å². The maximum Gasteiger partial charge on any atom is 0.175 e. The van der Waals surface area contributed by atoms with Gasteiger partial charge in [0.1, 0.15) is 0 Å². The molecule has 2 N–H and O–H groups in total. The van der Waals surface area contributed by atoms with Crippen molar-refractivity contribution in [1.82, 2.24) is 0 Å². The molecule has 3 aromatic rings. The first-order chi connectivity index (χ1) is 10.6. The SMILES string of the molecule is Cc1ccc(NC(=S)Nc2cccc3ccccc23)cc1Cl. The summed E-state index contributed by atoms with van der Waals surface area (Å²) in [6, 6.07) is 20.1. The maximum atomic E-state index is 6.13. The van der Waals surface area contributed by atoms with Crippen molar-refractivity contribution >= 4 is 51.1 Å². The van der Waals surface area contributed by atoms with Crippen molar-refractivity contribution in [3.8, 4) is 0 Å². The van der Waals surface area contributed by atoms with Crippen molar-refractivity contribution in [2.24, 2.45) is 0 Å². The summed E-state index contributed by atoms with van der Waals surface area (Å²) >= 11 is 11.5. The second-order valence-electron chi connectivity index (χ2n) is 5.07. The molecule has 0 fully saturated rings. The van der Waals surface area contributed by atoms with Crippen LogP contribution < -0.4 is 10.6 Å². The monoisotopic (exact) mass is 326 g/mol. The Morgan fingerprint density at radius 3 is 2.55 bits per heavy atom. The molecule has 0 radical (unpaired) electrons.